The van der Waals surface area contributed by atoms with E-state index in [1.165, 1.54) is 0 Å². The van der Waals surface area contributed by atoms with Gasteiger partial charge in [-0.05, 0) is 60.7 Å². The third kappa shape index (κ3) is 2.99. The van der Waals surface area contributed by atoms with Crippen LogP contribution in [-0.2, 0) is 0 Å². The van der Waals surface area contributed by atoms with Gasteiger partial charge in [-0.1, -0.05) is 0 Å². The van der Waals surface area contributed by atoms with Gasteiger partial charge in [0.05, 0.1) is 10.1 Å². The molecule has 3 nitrogen and oxygen atoms in total. The molecule has 1 aliphatic heterocycles. The van der Waals surface area contributed by atoms with Gasteiger partial charge in [-0.15, -0.1) is 0 Å². The SMILES string of the molecule is CC(C)(O)C1CCN(c2ncccc2Br)CC1. The summed E-state index contributed by atoms with van der Waals surface area (Å²) in [6.07, 6.45) is 3.86. The van der Waals surface area contributed by atoms with Crippen LogP contribution in [0.2, 0.25) is 0 Å². The van der Waals surface area contributed by atoms with E-state index in [1.54, 1.807) is 0 Å². The minimum absolute atomic E-state index is 0.390. The monoisotopic (exact) mass is 298 g/mol. The zero-order chi connectivity index (χ0) is 12.5. The van der Waals surface area contributed by atoms with Crippen LogP contribution in [0.15, 0.2) is 22.8 Å². The van der Waals surface area contributed by atoms with Crippen molar-refractivity contribution in [1.82, 2.24) is 4.98 Å². The molecule has 1 aromatic rings. The first-order valence-corrected chi connectivity index (χ1v) is 6.85. The minimum atomic E-state index is -0.562. The Balaban J connectivity index is 2.03. The van der Waals surface area contributed by atoms with Gasteiger partial charge in [0.25, 0.3) is 0 Å². The number of piperidine rings is 1. The van der Waals surface area contributed by atoms with Crippen LogP contribution in [0.25, 0.3) is 0 Å². The van der Waals surface area contributed by atoms with Crippen LogP contribution in [0, 0.1) is 5.92 Å². The van der Waals surface area contributed by atoms with E-state index in [0.29, 0.717) is 5.92 Å². The van der Waals surface area contributed by atoms with Gasteiger partial charge in [-0.2, -0.15) is 0 Å². The van der Waals surface area contributed by atoms with E-state index >= 15 is 0 Å². The Bertz CT molecular complexity index is 381. The lowest BCUT2D eigenvalue weighted by Crippen LogP contribution is -2.42. The molecule has 4 heteroatoms. The quantitative estimate of drug-likeness (QED) is 0.912. The summed E-state index contributed by atoms with van der Waals surface area (Å²) in [5, 5.41) is 10.0. The van der Waals surface area contributed by atoms with Crippen molar-refractivity contribution < 1.29 is 5.11 Å². The van der Waals surface area contributed by atoms with Crippen LogP contribution in [0.4, 0.5) is 5.82 Å². The van der Waals surface area contributed by atoms with Crippen LogP contribution in [0.3, 0.4) is 0 Å². The molecule has 2 heterocycles. The lowest BCUT2D eigenvalue weighted by Gasteiger charge is -2.38. The zero-order valence-corrected chi connectivity index (χ0v) is 11.9. The fraction of sp³-hybridized carbons (Fsp3) is 0.615. The fourth-order valence-electron chi connectivity index (χ4n) is 2.41. The summed E-state index contributed by atoms with van der Waals surface area (Å²) in [5.74, 6) is 1.41. The first-order chi connectivity index (χ1) is 7.98. The molecule has 1 saturated heterocycles. The average Bonchev–Trinajstić information content (AvgIpc) is 2.29. The Kier molecular flexibility index (Phi) is 3.73. The van der Waals surface area contributed by atoms with Crippen molar-refractivity contribution >= 4 is 21.7 Å². The van der Waals surface area contributed by atoms with Gasteiger partial charge in [0, 0.05) is 19.3 Å². The van der Waals surface area contributed by atoms with Crippen LogP contribution in [-0.4, -0.2) is 28.8 Å². The van der Waals surface area contributed by atoms with Gasteiger partial charge in [-0.3, -0.25) is 0 Å². The van der Waals surface area contributed by atoms with Crippen molar-refractivity contribution in [3.8, 4) is 0 Å². The second-order valence-electron chi connectivity index (χ2n) is 5.22. The summed E-state index contributed by atoms with van der Waals surface area (Å²) in [5.41, 5.74) is -0.562. The number of hydrogen-bond acceptors (Lipinski definition) is 3. The van der Waals surface area contributed by atoms with Crippen molar-refractivity contribution in [2.75, 3.05) is 18.0 Å². The van der Waals surface area contributed by atoms with E-state index in [4.69, 9.17) is 0 Å². The van der Waals surface area contributed by atoms with Gasteiger partial charge in [0.15, 0.2) is 0 Å². The summed E-state index contributed by atoms with van der Waals surface area (Å²) >= 11 is 3.53. The van der Waals surface area contributed by atoms with Crippen molar-refractivity contribution in [2.24, 2.45) is 5.92 Å². The van der Waals surface area contributed by atoms with Crippen molar-refractivity contribution in [3.63, 3.8) is 0 Å². The maximum atomic E-state index is 10.0. The standard InChI is InChI=1S/C13H19BrN2O/c1-13(2,17)10-5-8-16(9-6-10)12-11(14)4-3-7-15-12/h3-4,7,10,17H,5-6,8-9H2,1-2H3. The lowest BCUT2D eigenvalue weighted by atomic mass is 9.83. The summed E-state index contributed by atoms with van der Waals surface area (Å²) in [7, 11) is 0. The van der Waals surface area contributed by atoms with E-state index in [0.717, 1.165) is 36.2 Å². The maximum Gasteiger partial charge on any atom is 0.142 e. The topological polar surface area (TPSA) is 36.4 Å². The predicted octanol–water partition coefficient (Wildman–Crippen LogP) is 2.83. The molecule has 0 unspecified atom stereocenters. The third-order valence-electron chi connectivity index (χ3n) is 3.53. The molecule has 2 rings (SSSR count). The minimum Gasteiger partial charge on any atom is -0.390 e. The molecule has 0 amide bonds. The highest BCUT2D eigenvalue weighted by Gasteiger charge is 2.31. The highest BCUT2D eigenvalue weighted by molar-refractivity contribution is 9.10. The zero-order valence-electron chi connectivity index (χ0n) is 10.4. The molecule has 1 N–H and O–H groups in total. The Hall–Kier alpha value is -0.610. The Morgan fingerprint density at radius 2 is 2.06 bits per heavy atom. The molecule has 0 radical (unpaired) electrons. The van der Waals surface area contributed by atoms with Gasteiger partial charge in [0.2, 0.25) is 0 Å². The molecule has 0 aliphatic carbocycles. The van der Waals surface area contributed by atoms with Crippen molar-refractivity contribution in [3.05, 3.63) is 22.8 Å². The van der Waals surface area contributed by atoms with E-state index < -0.39 is 5.60 Å². The lowest BCUT2D eigenvalue weighted by molar-refractivity contribution is 0.00645. The molecule has 0 saturated carbocycles. The number of aliphatic hydroxyl groups is 1. The van der Waals surface area contributed by atoms with E-state index in [9.17, 15) is 5.11 Å². The molecule has 0 bridgehead atoms. The number of pyridine rings is 1. The van der Waals surface area contributed by atoms with Crippen LogP contribution in [0.5, 0.6) is 0 Å². The van der Waals surface area contributed by atoms with E-state index in [2.05, 4.69) is 25.8 Å². The summed E-state index contributed by atoms with van der Waals surface area (Å²) < 4.78 is 1.04. The smallest absolute Gasteiger partial charge is 0.142 e. The molecule has 17 heavy (non-hydrogen) atoms. The summed E-state index contributed by atoms with van der Waals surface area (Å²) in [4.78, 5) is 6.69. The number of hydrogen-bond donors (Lipinski definition) is 1. The maximum absolute atomic E-state index is 10.0. The van der Waals surface area contributed by atoms with Crippen molar-refractivity contribution in [1.29, 1.82) is 0 Å². The van der Waals surface area contributed by atoms with Crippen LogP contribution >= 0.6 is 15.9 Å². The molecule has 0 aromatic carbocycles. The van der Waals surface area contributed by atoms with Crippen LogP contribution in [0.1, 0.15) is 26.7 Å². The number of nitrogens with zero attached hydrogens (tertiary/aromatic N) is 2. The van der Waals surface area contributed by atoms with Crippen LogP contribution < -0.4 is 4.90 Å². The molecule has 0 atom stereocenters. The first kappa shape index (κ1) is 12.8. The molecular formula is C13H19BrN2O. The molecule has 94 valence electrons. The van der Waals surface area contributed by atoms with Gasteiger partial charge < -0.3 is 10.0 Å². The second-order valence-corrected chi connectivity index (χ2v) is 6.08. The molecule has 1 fully saturated rings. The largest absolute Gasteiger partial charge is 0.390 e. The summed E-state index contributed by atoms with van der Waals surface area (Å²) in [6, 6.07) is 3.95. The highest BCUT2D eigenvalue weighted by Crippen LogP contribution is 2.31. The van der Waals surface area contributed by atoms with E-state index in [-0.39, 0.29) is 0 Å². The molecule has 1 aromatic heterocycles. The molecular weight excluding hydrogens is 280 g/mol. The van der Waals surface area contributed by atoms with Gasteiger partial charge >= 0.3 is 0 Å². The number of rotatable bonds is 2. The highest BCUT2D eigenvalue weighted by atomic mass is 79.9. The third-order valence-corrected chi connectivity index (χ3v) is 4.15. The number of halogens is 1. The molecule has 0 spiro atoms. The predicted molar refractivity (Wildman–Crippen MR) is 73.2 cm³/mol. The Morgan fingerprint density at radius 1 is 1.41 bits per heavy atom. The van der Waals surface area contributed by atoms with Gasteiger partial charge in [-0.25, -0.2) is 4.98 Å². The summed E-state index contributed by atoms with van der Waals surface area (Å²) in [6.45, 7) is 5.74. The second kappa shape index (κ2) is 4.94. The average molecular weight is 299 g/mol. The normalized spacial score (nSPS) is 18.5. The van der Waals surface area contributed by atoms with Gasteiger partial charge in [0.1, 0.15) is 5.82 Å². The molecule has 1 aliphatic rings. The Labute approximate surface area is 111 Å². The number of anilines is 1. The van der Waals surface area contributed by atoms with E-state index in [1.807, 2.05) is 32.2 Å². The van der Waals surface area contributed by atoms with Crippen molar-refractivity contribution in [2.45, 2.75) is 32.3 Å². The Morgan fingerprint density at radius 3 is 2.59 bits per heavy atom. The number of aromatic nitrogens is 1. The first-order valence-electron chi connectivity index (χ1n) is 6.06. The fourth-order valence-corrected chi connectivity index (χ4v) is 2.91.